The van der Waals surface area contributed by atoms with Crippen molar-refractivity contribution in [2.24, 2.45) is 12.0 Å². The molecule has 10 heteroatoms. The molecular weight excluding hydrogens is 431 g/mol. The van der Waals surface area contributed by atoms with Gasteiger partial charge in [-0.2, -0.15) is 5.10 Å². The fourth-order valence-electron chi connectivity index (χ4n) is 1.96. The first-order valence-electron chi connectivity index (χ1n) is 7.21. The van der Waals surface area contributed by atoms with E-state index >= 15 is 0 Å². The molecule has 0 amide bonds. The molecule has 0 bridgehead atoms. The highest BCUT2D eigenvalue weighted by Gasteiger charge is 2.10. The minimum Gasteiger partial charge on any atom is -0.355 e. The number of halogens is 1. The van der Waals surface area contributed by atoms with E-state index in [2.05, 4.69) is 25.4 Å². The van der Waals surface area contributed by atoms with Crippen LogP contribution in [0, 0.1) is 13.8 Å². The van der Waals surface area contributed by atoms with Gasteiger partial charge >= 0.3 is 0 Å². The van der Waals surface area contributed by atoms with Gasteiger partial charge in [0.15, 0.2) is 5.96 Å². The molecule has 0 aliphatic carbocycles. The molecule has 23 heavy (non-hydrogen) atoms. The predicted molar refractivity (Wildman–Crippen MR) is 104 cm³/mol. The molecule has 134 valence electrons. The van der Waals surface area contributed by atoms with Crippen LogP contribution in [0.3, 0.4) is 0 Å². The average Bonchev–Trinajstić information content (AvgIpc) is 2.72. The van der Waals surface area contributed by atoms with E-state index in [4.69, 9.17) is 0 Å². The summed E-state index contributed by atoms with van der Waals surface area (Å²) in [5, 5.41) is 10.6. The van der Waals surface area contributed by atoms with Crippen LogP contribution < -0.4 is 15.4 Å². The number of hydrogen-bond acceptors (Lipinski definition) is 4. The van der Waals surface area contributed by atoms with Crippen LogP contribution >= 0.6 is 24.0 Å². The third-order valence-corrected chi connectivity index (χ3v) is 4.84. The van der Waals surface area contributed by atoms with Crippen LogP contribution in [-0.4, -0.2) is 50.0 Å². The van der Waals surface area contributed by atoms with Crippen LogP contribution in [0.4, 0.5) is 0 Å². The summed E-state index contributed by atoms with van der Waals surface area (Å²) >= 11 is 0. The van der Waals surface area contributed by atoms with Crippen molar-refractivity contribution in [3.8, 4) is 0 Å². The van der Waals surface area contributed by atoms with Gasteiger partial charge in [0, 0.05) is 45.0 Å². The number of sulfonamides is 1. The van der Waals surface area contributed by atoms with E-state index in [0.717, 1.165) is 17.0 Å². The van der Waals surface area contributed by atoms with Crippen molar-refractivity contribution in [1.82, 2.24) is 25.1 Å². The molecule has 0 fully saturated rings. The topological polar surface area (TPSA) is 100 Å². The highest BCUT2D eigenvalue weighted by Crippen LogP contribution is 2.10. The van der Waals surface area contributed by atoms with Gasteiger partial charge in [-0.05, 0) is 20.8 Å². The summed E-state index contributed by atoms with van der Waals surface area (Å²) in [6.45, 7) is 7.00. The molecule has 0 spiro atoms. The zero-order valence-corrected chi connectivity index (χ0v) is 17.4. The fraction of sp³-hybridized carbons (Fsp3) is 0.692. The van der Waals surface area contributed by atoms with Crippen molar-refractivity contribution >= 4 is 40.0 Å². The van der Waals surface area contributed by atoms with Crippen molar-refractivity contribution in [3.05, 3.63) is 17.0 Å². The first kappa shape index (κ1) is 22.1. The van der Waals surface area contributed by atoms with Crippen LogP contribution in [0.5, 0.6) is 0 Å². The van der Waals surface area contributed by atoms with Crippen LogP contribution in [0.2, 0.25) is 0 Å². The van der Waals surface area contributed by atoms with E-state index in [9.17, 15) is 8.42 Å². The van der Waals surface area contributed by atoms with Gasteiger partial charge in [-0.15, -0.1) is 24.0 Å². The second-order valence-corrected chi connectivity index (χ2v) is 7.02. The largest absolute Gasteiger partial charge is 0.355 e. The molecule has 8 nitrogen and oxygen atoms in total. The van der Waals surface area contributed by atoms with Gasteiger partial charge in [0.1, 0.15) is 0 Å². The Morgan fingerprint density at radius 1 is 1.26 bits per heavy atom. The maximum atomic E-state index is 11.3. The van der Waals surface area contributed by atoms with Crippen LogP contribution in [0.25, 0.3) is 0 Å². The molecule has 0 saturated heterocycles. The Morgan fingerprint density at radius 2 is 1.91 bits per heavy atom. The van der Waals surface area contributed by atoms with Crippen molar-refractivity contribution in [1.29, 1.82) is 0 Å². The molecule has 0 aliphatic rings. The van der Waals surface area contributed by atoms with Crippen molar-refractivity contribution in [2.75, 3.05) is 25.9 Å². The number of hydrogen-bond donors (Lipinski definition) is 3. The Morgan fingerprint density at radius 3 is 2.39 bits per heavy atom. The van der Waals surface area contributed by atoms with Gasteiger partial charge in [0.05, 0.1) is 11.4 Å². The number of aromatic nitrogens is 2. The average molecular weight is 458 g/mol. The van der Waals surface area contributed by atoms with E-state index in [1.54, 1.807) is 14.0 Å². The molecule has 0 unspecified atom stereocenters. The van der Waals surface area contributed by atoms with Crippen LogP contribution in [0.15, 0.2) is 4.99 Å². The van der Waals surface area contributed by atoms with Crippen molar-refractivity contribution < 1.29 is 8.42 Å². The van der Waals surface area contributed by atoms with Crippen LogP contribution in [-0.2, 0) is 23.6 Å². The number of guanidine groups is 1. The summed E-state index contributed by atoms with van der Waals surface area (Å²) in [6.07, 6.45) is 0. The number of rotatable bonds is 7. The first-order valence-corrected chi connectivity index (χ1v) is 8.86. The summed E-state index contributed by atoms with van der Waals surface area (Å²) in [5.74, 6) is 0.706. The fourth-order valence-corrected chi connectivity index (χ4v) is 2.57. The number of nitrogens with one attached hydrogen (secondary N) is 3. The Kier molecular flexibility index (Phi) is 9.70. The lowest BCUT2D eigenvalue weighted by Crippen LogP contribution is -2.41. The SMILES string of the molecule is CCS(=O)(=O)NCCNC(=NC)NCc1c(C)nn(C)c1C.I. The summed E-state index contributed by atoms with van der Waals surface area (Å²) in [4.78, 5) is 4.11. The number of aryl methyl sites for hydroxylation is 2. The van der Waals surface area contributed by atoms with E-state index in [1.807, 2.05) is 25.6 Å². The summed E-state index contributed by atoms with van der Waals surface area (Å²) in [7, 11) is 0.441. The molecule has 1 rings (SSSR count). The zero-order valence-electron chi connectivity index (χ0n) is 14.3. The summed E-state index contributed by atoms with van der Waals surface area (Å²) in [5.41, 5.74) is 3.23. The summed E-state index contributed by atoms with van der Waals surface area (Å²) in [6, 6.07) is 0. The molecule has 0 radical (unpaired) electrons. The summed E-state index contributed by atoms with van der Waals surface area (Å²) < 4.78 is 27.0. The van der Waals surface area contributed by atoms with Crippen LogP contribution in [0.1, 0.15) is 23.9 Å². The normalized spacial score (nSPS) is 12.0. The highest BCUT2D eigenvalue weighted by atomic mass is 127. The Labute approximate surface area is 155 Å². The van der Waals surface area contributed by atoms with Gasteiger partial charge < -0.3 is 10.6 Å². The minimum atomic E-state index is -3.15. The van der Waals surface area contributed by atoms with Crippen molar-refractivity contribution in [3.63, 3.8) is 0 Å². The van der Waals surface area contributed by atoms with Gasteiger partial charge in [0.2, 0.25) is 10.0 Å². The van der Waals surface area contributed by atoms with E-state index in [0.29, 0.717) is 25.6 Å². The number of aliphatic imine (C=N–C) groups is 1. The molecule has 0 atom stereocenters. The second-order valence-electron chi connectivity index (χ2n) is 4.92. The van der Waals surface area contributed by atoms with E-state index < -0.39 is 10.0 Å². The van der Waals surface area contributed by atoms with Gasteiger partial charge in [-0.3, -0.25) is 9.67 Å². The Bertz CT molecular complexity index is 627. The van der Waals surface area contributed by atoms with Crippen molar-refractivity contribution in [2.45, 2.75) is 27.3 Å². The lowest BCUT2D eigenvalue weighted by Gasteiger charge is -2.12. The lowest BCUT2D eigenvalue weighted by atomic mass is 10.2. The zero-order chi connectivity index (χ0) is 16.8. The Hall–Kier alpha value is -0.880. The maximum Gasteiger partial charge on any atom is 0.211 e. The molecule has 0 aliphatic heterocycles. The Balaban J connectivity index is 0.00000484. The number of nitrogens with zero attached hydrogens (tertiary/aromatic N) is 3. The third-order valence-electron chi connectivity index (χ3n) is 3.43. The maximum absolute atomic E-state index is 11.3. The van der Waals surface area contributed by atoms with Gasteiger partial charge in [-0.25, -0.2) is 13.1 Å². The molecule has 1 heterocycles. The molecule has 1 aromatic heterocycles. The first-order chi connectivity index (χ1) is 10.3. The standard InChI is InChI=1S/C13H26N6O2S.HI/c1-6-22(20,21)17-8-7-15-13(14-4)16-9-12-10(2)18-19(5)11(12)3;/h17H,6-9H2,1-5H3,(H2,14,15,16);1H. The minimum absolute atomic E-state index is 0. The molecule has 1 aromatic rings. The predicted octanol–water partition coefficient (Wildman–Crippen LogP) is 0.259. The smallest absolute Gasteiger partial charge is 0.211 e. The molecular formula is C13H27IN6O2S. The highest BCUT2D eigenvalue weighted by molar-refractivity contribution is 14.0. The molecule has 0 saturated carbocycles. The third kappa shape index (κ3) is 7.04. The lowest BCUT2D eigenvalue weighted by molar-refractivity contribution is 0.582. The quantitative estimate of drug-likeness (QED) is 0.236. The van der Waals surface area contributed by atoms with Gasteiger partial charge in [-0.1, -0.05) is 0 Å². The van der Waals surface area contributed by atoms with Gasteiger partial charge in [0.25, 0.3) is 0 Å². The van der Waals surface area contributed by atoms with E-state index in [-0.39, 0.29) is 29.7 Å². The molecule has 0 aromatic carbocycles. The molecule has 3 N–H and O–H groups in total. The second kappa shape index (κ2) is 10.1. The van der Waals surface area contributed by atoms with E-state index in [1.165, 1.54) is 0 Å². The monoisotopic (exact) mass is 458 g/mol.